The van der Waals surface area contributed by atoms with Gasteiger partial charge < -0.3 is 9.84 Å². The van der Waals surface area contributed by atoms with Crippen LogP contribution in [0.15, 0.2) is 29.6 Å². The molecule has 0 saturated heterocycles. The van der Waals surface area contributed by atoms with E-state index in [0.717, 1.165) is 12.1 Å². The van der Waals surface area contributed by atoms with Crippen LogP contribution < -0.4 is 4.74 Å². The number of carbonyl (C=O) groups is 1. The van der Waals surface area contributed by atoms with Crippen LogP contribution in [0.1, 0.15) is 48.5 Å². The van der Waals surface area contributed by atoms with Gasteiger partial charge in [0.25, 0.3) is 0 Å². The Morgan fingerprint density at radius 3 is 2.76 bits per heavy atom. The normalized spacial score (nSPS) is 27.3. The van der Waals surface area contributed by atoms with Crippen molar-refractivity contribution in [2.24, 2.45) is 22.4 Å². The van der Waals surface area contributed by atoms with Crippen LogP contribution >= 0.6 is 0 Å². The third kappa shape index (κ3) is 3.62. The predicted molar refractivity (Wildman–Crippen MR) is 110 cm³/mol. The Hall–Kier alpha value is -3.45. The summed E-state index contributed by atoms with van der Waals surface area (Å²) in [7, 11) is 0. The second kappa shape index (κ2) is 8.15. The maximum absolute atomic E-state index is 14.6. The zero-order valence-electron chi connectivity index (χ0n) is 17.6. The standard InChI is InChI=1S/C23H21F2N5O3/c24-18-4-17(19(25)3-13(18)11-31)20-1-2-29-30(20)22(32)23-5-14(6-23)15(7-23)12-33-21-10-27-16(8-26)9-28-21/h2-4,9-10,14-15,20,31H,1,5-7,11-12H2/t14?,15-,20-,23?/m1/s1. The Kier molecular flexibility index (Phi) is 5.29. The van der Waals surface area contributed by atoms with Gasteiger partial charge in [0.1, 0.15) is 17.7 Å². The van der Waals surface area contributed by atoms with Gasteiger partial charge in [-0.2, -0.15) is 10.4 Å². The summed E-state index contributed by atoms with van der Waals surface area (Å²) in [5, 5.41) is 23.5. The molecule has 0 radical (unpaired) electrons. The average molecular weight is 453 g/mol. The average Bonchev–Trinajstić information content (AvgIpc) is 3.52. The molecule has 1 N–H and O–H groups in total. The molecule has 2 atom stereocenters. The minimum absolute atomic E-state index is 0.0556. The van der Waals surface area contributed by atoms with Gasteiger partial charge in [0.2, 0.25) is 11.8 Å². The Morgan fingerprint density at radius 1 is 1.24 bits per heavy atom. The molecule has 1 aromatic heterocycles. The van der Waals surface area contributed by atoms with Crippen molar-refractivity contribution in [1.82, 2.24) is 15.0 Å². The highest BCUT2D eigenvalue weighted by atomic mass is 19.1. The number of nitrogens with zero attached hydrogens (tertiary/aromatic N) is 5. The van der Waals surface area contributed by atoms with E-state index in [1.165, 1.54) is 17.4 Å². The molecule has 3 aliphatic carbocycles. The van der Waals surface area contributed by atoms with Gasteiger partial charge >= 0.3 is 0 Å². The van der Waals surface area contributed by atoms with Crippen LogP contribution in [0, 0.1) is 40.2 Å². The van der Waals surface area contributed by atoms with E-state index in [-0.39, 0.29) is 28.6 Å². The second-order valence-electron chi connectivity index (χ2n) is 8.90. The van der Waals surface area contributed by atoms with Crippen LogP contribution in [0.5, 0.6) is 5.88 Å². The summed E-state index contributed by atoms with van der Waals surface area (Å²) in [6, 6.07) is 3.21. The fraction of sp³-hybridized carbons (Fsp3) is 0.435. The highest BCUT2D eigenvalue weighted by Crippen LogP contribution is 2.63. The lowest BCUT2D eigenvalue weighted by atomic mass is 9.68. The summed E-state index contributed by atoms with van der Waals surface area (Å²) in [6.45, 7) is -0.218. The lowest BCUT2D eigenvalue weighted by molar-refractivity contribution is -0.148. The molecule has 2 heterocycles. The minimum Gasteiger partial charge on any atom is -0.476 e. The minimum atomic E-state index is -0.711. The summed E-state index contributed by atoms with van der Waals surface area (Å²) in [5.41, 5.74) is -0.438. The van der Waals surface area contributed by atoms with Gasteiger partial charge in [0, 0.05) is 23.8 Å². The molecule has 2 bridgehead atoms. The highest BCUT2D eigenvalue weighted by molar-refractivity contribution is 5.86. The number of aromatic nitrogens is 2. The lowest BCUT2D eigenvalue weighted by Gasteiger charge is -2.40. The van der Waals surface area contributed by atoms with Crippen molar-refractivity contribution in [2.45, 2.75) is 38.3 Å². The molecular formula is C23H21F2N5O3. The fourth-order valence-corrected chi connectivity index (χ4v) is 5.30. The number of benzene rings is 1. The molecule has 3 saturated carbocycles. The lowest BCUT2D eigenvalue weighted by Crippen LogP contribution is -2.45. The molecule has 170 valence electrons. The molecule has 8 nitrogen and oxygen atoms in total. The Bertz CT molecular complexity index is 1160. The summed E-state index contributed by atoms with van der Waals surface area (Å²) in [4.78, 5) is 21.4. The molecule has 3 fully saturated rings. The van der Waals surface area contributed by atoms with E-state index in [2.05, 4.69) is 15.1 Å². The maximum atomic E-state index is 14.6. The van der Waals surface area contributed by atoms with E-state index in [9.17, 15) is 13.6 Å². The molecule has 6 rings (SSSR count). The molecule has 4 aliphatic rings. The Balaban J connectivity index is 1.27. The van der Waals surface area contributed by atoms with Crippen LogP contribution in [0.2, 0.25) is 0 Å². The van der Waals surface area contributed by atoms with Gasteiger partial charge in [-0.25, -0.2) is 23.8 Å². The van der Waals surface area contributed by atoms with Crippen molar-refractivity contribution >= 4 is 12.1 Å². The van der Waals surface area contributed by atoms with Crippen LogP contribution in [0.4, 0.5) is 8.78 Å². The molecule has 2 aromatic rings. The zero-order chi connectivity index (χ0) is 23.2. The quantitative estimate of drug-likeness (QED) is 0.720. The summed E-state index contributed by atoms with van der Waals surface area (Å²) < 4.78 is 34.6. The van der Waals surface area contributed by atoms with Gasteiger partial charge in [-0.3, -0.25) is 4.79 Å². The van der Waals surface area contributed by atoms with Crippen molar-refractivity contribution in [3.8, 4) is 11.9 Å². The number of carbonyl (C=O) groups excluding carboxylic acids is 1. The van der Waals surface area contributed by atoms with Crippen molar-refractivity contribution in [1.29, 1.82) is 5.26 Å². The van der Waals surface area contributed by atoms with E-state index < -0.39 is 29.7 Å². The third-order valence-corrected chi connectivity index (χ3v) is 7.00. The number of nitriles is 1. The third-order valence-electron chi connectivity index (χ3n) is 7.00. The Labute approximate surface area is 188 Å². The fourth-order valence-electron chi connectivity index (χ4n) is 5.30. The van der Waals surface area contributed by atoms with E-state index in [4.69, 9.17) is 15.1 Å². The van der Waals surface area contributed by atoms with E-state index in [1.54, 1.807) is 6.21 Å². The first-order valence-corrected chi connectivity index (χ1v) is 10.7. The topological polar surface area (TPSA) is 112 Å². The zero-order valence-corrected chi connectivity index (χ0v) is 17.6. The number of hydrogen-bond acceptors (Lipinski definition) is 7. The molecule has 1 aromatic carbocycles. The number of aliphatic hydroxyl groups is 1. The molecule has 0 spiro atoms. The number of fused-ring (bicyclic) bond motifs is 1. The first-order valence-electron chi connectivity index (χ1n) is 10.7. The van der Waals surface area contributed by atoms with Crippen molar-refractivity contribution in [3.63, 3.8) is 0 Å². The number of hydrazone groups is 1. The first kappa shape index (κ1) is 21.4. The number of hydrogen-bond donors (Lipinski definition) is 1. The van der Waals surface area contributed by atoms with Gasteiger partial charge in [-0.15, -0.1) is 0 Å². The van der Waals surface area contributed by atoms with E-state index >= 15 is 0 Å². The summed E-state index contributed by atoms with van der Waals surface area (Å²) in [6.07, 6.45) is 6.62. The number of ether oxygens (including phenoxy) is 1. The number of halogens is 2. The second-order valence-corrected chi connectivity index (χ2v) is 8.90. The van der Waals surface area contributed by atoms with Crippen molar-refractivity contribution in [3.05, 3.63) is 53.0 Å². The van der Waals surface area contributed by atoms with Crippen molar-refractivity contribution < 1.29 is 23.4 Å². The largest absolute Gasteiger partial charge is 0.476 e. The van der Waals surface area contributed by atoms with Crippen LogP contribution in [-0.2, 0) is 11.4 Å². The number of aliphatic hydroxyl groups excluding tert-OH is 1. The van der Waals surface area contributed by atoms with E-state index in [0.29, 0.717) is 44.1 Å². The number of rotatable bonds is 6. The van der Waals surface area contributed by atoms with E-state index in [1.807, 2.05) is 6.07 Å². The van der Waals surface area contributed by atoms with Crippen LogP contribution in [0.3, 0.4) is 0 Å². The van der Waals surface area contributed by atoms with Crippen molar-refractivity contribution in [2.75, 3.05) is 6.61 Å². The molecule has 10 heteroatoms. The first-order chi connectivity index (χ1) is 15.9. The van der Waals surface area contributed by atoms with Gasteiger partial charge in [0.15, 0.2) is 5.69 Å². The maximum Gasteiger partial charge on any atom is 0.249 e. The molecule has 1 aliphatic heterocycles. The van der Waals surface area contributed by atoms with Crippen LogP contribution in [0.25, 0.3) is 0 Å². The highest BCUT2D eigenvalue weighted by Gasteiger charge is 2.62. The van der Waals surface area contributed by atoms with Crippen LogP contribution in [-0.4, -0.2) is 38.8 Å². The monoisotopic (exact) mass is 453 g/mol. The SMILES string of the molecule is N#Cc1cnc(OC[C@H]2CC3(C(=O)N4N=CC[C@@H]4c4cc(F)c(CO)cc4F)CC2C3)cn1. The molecule has 0 unspecified atom stereocenters. The molecule has 33 heavy (non-hydrogen) atoms. The molecular weight excluding hydrogens is 432 g/mol. The van der Waals surface area contributed by atoms with Gasteiger partial charge in [0.05, 0.1) is 37.1 Å². The van der Waals surface area contributed by atoms with Gasteiger partial charge in [-0.05, 0) is 43.2 Å². The summed E-state index contributed by atoms with van der Waals surface area (Å²) in [5.74, 6) is -0.730. The van der Waals surface area contributed by atoms with Gasteiger partial charge in [-0.1, -0.05) is 0 Å². The molecule has 1 amide bonds. The Morgan fingerprint density at radius 2 is 2.06 bits per heavy atom. The predicted octanol–water partition coefficient (Wildman–Crippen LogP) is 2.87. The summed E-state index contributed by atoms with van der Waals surface area (Å²) >= 11 is 0. The number of amides is 1. The smallest absolute Gasteiger partial charge is 0.249 e.